The molecule has 1 aromatic rings. The van der Waals surface area contributed by atoms with E-state index in [-0.39, 0.29) is 18.4 Å². The fraction of sp³-hybridized carbons (Fsp3) is 0.438. The number of carbonyl (C=O) groups is 3. The van der Waals surface area contributed by atoms with Crippen molar-refractivity contribution in [3.63, 3.8) is 0 Å². The third-order valence-corrected chi connectivity index (χ3v) is 3.10. The van der Waals surface area contributed by atoms with E-state index in [1.807, 2.05) is 0 Å². The molecule has 1 aromatic carbocycles. The zero-order valence-corrected chi connectivity index (χ0v) is 13.0. The van der Waals surface area contributed by atoms with E-state index < -0.39 is 11.7 Å². The average Bonchev–Trinajstić information content (AvgIpc) is 2.67. The van der Waals surface area contributed by atoms with Gasteiger partial charge in [0.05, 0.1) is 11.1 Å². The average molecular weight is 304 g/mol. The Morgan fingerprint density at radius 3 is 2.18 bits per heavy atom. The smallest absolute Gasteiger partial charge is 0.407 e. The second-order valence-electron chi connectivity index (χ2n) is 6.09. The molecule has 0 saturated carbocycles. The molecule has 0 bridgehead atoms. The molecule has 1 N–H and O–H groups in total. The van der Waals surface area contributed by atoms with Crippen molar-refractivity contribution in [3.05, 3.63) is 35.4 Å². The van der Waals surface area contributed by atoms with Gasteiger partial charge in [-0.15, -0.1) is 0 Å². The second-order valence-corrected chi connectivity index (χ2v) is 6.09. The first-order chi connectivity index (χ1) is 10.3. The molecular formula is C16H20N2O4. The summed E-state index contributed by atoms with van der Waals surface area (Å²) >= 11 is 0. The molecule has 0 saturated heterocycles. The maximum atomic E-state index is 12.1. The van der Waals surface area contributed by atoms with Crippen molar-refractivity contribution in [2.45, 2.75) is 32.8 Å². The van der Waals surface area contributed by atoms with Crippen LogP contribution in [0.3, 0.4) is 0 Å². The highest BCUT2D eigenvalue weighted by molar-refractivity contribution is 6.21. The molecule has 0 unspecified atom stereocenters. The Morgan fingerprint density at radius 1 is 1.14 bits per heavy atom. The van der Waals surface area contributed by atoms with E-state index in [1.165, 1.54) is 4.90 Å². The molecule has 0 atom stereocenters. The van der Waals surface area contributed by atoms with Crippen LogP contribution in [0.4, 0.5) is 4.79 Å². The minimum Gasteiger partial charge on any atom is -0.444 e. The number of hydrogen-bond donors (Lipinski definition) is 1. The van der Waals surface area contributed by atoms with E-state index in [1.54, 1.807) is 45.0 Å². The van der Waals surface area contributed by atoms with E-state index in [9.17, 15) is 14.4 Å². The van der Waals surface area contributed by atoms with Gasteiger partial charge in [0.15, 0.2) is 0 Å². The van der Waals surface area contributed by atoms with Gasteiger partial charge in [-0.2, -0.15) is 0 Å². The van der Waals surface area contributed by atoms with Gasteiger partial charge in [0, 0.05) is 13.1 Å². The fourth-order valence-electron chi connectivity index (χ4n) is 2.18. The number of fused-ring (bicyclic) bond motifs is 1. The number of nitrogens with zero attached hydrogens (tertiary/aromatic N) is 1. The number of benzene rings is 1. The number of rotatable bonds is 4. The fourth-order valence-corrected chi connectivity index (χ4v) is 2.18. The van der Waals surface area contributed by atoms with Crippen molar-refractivity contribution in [3.8, 4) is 0 Å². The standard InChI is InChI=1S/C16H20N2O4/c1-16(2,3)22-15(21)17-9-6-10-18-13(19)11-7-4-5-8-12(11)14(18)20/h4-5,7-8H,6,9-10H2,1-3H3,(H,17,21). The second kappa shape index (κ2) is 6.17. The number of ether oxygens (including phenoxy) is 1. The summed E-state index contributed by atoms with van der Waals surface area (Å²) in [5, 5.41) is 2.60. The summed E-state index contributed by atoms with van der Waals surface area (Å²) < 4.78 is 5.11. The Labute approximate surface area is 129 Å². The van der Waals surface area contributed by atoms with Crippen LogP contribution in [-0.4, -0.2) is 41.5 Å². The minimum atomic E-state index is -0.549. The van der Waals surface area contributed by atoms with Crippen LogP contribution < -0.4 is 5.32 Å². The first-order valence-electron chi connectivity index (χ1n) is 7.21. The lowest BCUT2D eigenvalue weighted by Crippen LogP contribution is -2.36. The van der Waals surface area contributed by atoms with Crippen LogP contribution in [0.2, 0.25) is 0 Å². The van der Waals surface area contributed by atoms with E-state index in [0.29, 0.717) is 24.1 Å². The van der Waals surface area contributed by atoms with Crippen LogP contribution in [0.25, 0.3) is 0 Å². The van der Waals surface area contributed by atoms with Crippen LogP contribution >= 0.6 is 0 Å². The van der Waals surface area contributed by atoms with Crippen molar-refractivity contribution in [1.82, 2.24) is 10.2 Å². The molecule has 0 radical (unpaired) electrons. The Kier molecular flexibility index (Phi) is 4.49. The van der Waals surface area contributed by atoms with E-state index in [2.05, 4.69) is 5.32 Å². The summed E-state index contributed by atoms with van der Waals surface area (Å²) in [6.45, 7) is 5.95. The molecule has 118 valence electrons. The first-order valence-corrected chi connectivity index (χ1v) is 7.21. The van der Waals surface area contributed by atoms with Gasteiger partial charge in [-0.25, -0.2) is 4.79 Å². The Hall–Kier alpha value is -2.37. The highest BCUT2D eigenvalue weighted by Crippen LogP contribution is 2.22. The highest BCUT2D eigenvalue weighted by Gasteiger charge is 2.34. The molecule has 0 aromatic heterocycles. The third kappa shape index (κ3) is 3.63. The lowest BCUT2D eigenvalue weighted by Gasteiger charge is -2.20. The molecule has 0 aliphatic carbocycles. The molecule has 0 fully saturated rings. The molecule has 6 heteroatoms. The van der Waals surface area contributed by atoms with Gasteiger partial charge in [0.1, 0.15) is 5.60 Å². The molecular weight excluding hydrogens is 284 g/mol. The molecule has 1 aliphatic rings. The summed E-state index contributed by atoms with van der Waals surface area (Å²) in [7, 11) is 0. The first kappa shape index (κ1) is 16.0. The zero-order chi connectivity index (χ0) is 16.3. The largest absolute Gasteiger partial charge is 0.444 e. The van der Waals surface area contributed by atoms with Gasteiger partial charge in [-0.3, -0.25) is 14.5 Å². The molecule has 2 rings (SSSR count). The predicted octanol–water partition coefficient (Wildman–Crippen LogP) is 2.20. The quantitative estimate of drug-likeness (QED) is 0.683. The SMILES string of the molecule is CC(C)(C)OC(=O)NCCCN1C(=O)c2ccccc2C1=O. The number of amides is 3. The van der Waals surface area contributed by atoms with Crippen molar-refractivity contribution in [2.24, 2.45) is 0 Å². The van der Waals surface area contributed by atoms with Gasteiger partial charge in [-0.1, -0.05) is 12.1 Å². The number of nitrogens with one attached hydrogen (secondary N) is 1. The summed E-state index contributed by atoms with van der Waals surface area (Å²) in [5.74, 6) is -0.560. The highest BCUT2D eigenvalue weighted by atomic mass is 16.6. The Morgan fingerprint density at radius 2 is 1.68 bits per heavy atom. The maximum absolute atomic E-state index is 12.1. The topological polar surface area (TPSA) is 75.7 Å². The van der Waals surface area contributed by atoms with Gasteiger partial charge in [0.25, 0.3) is 11.8 Å². The summed E-state index contributed by atoms with van der Waals surface area (Å²) in [5.41, 5.74) is 0.326. The van der Waals surface area contributed by atoms with E-state index in [4.69, 9.17) is 4.74 Å². The number of hydrogen-bond acceptors (Lipinski definition) is 4. The van der Waals surface area contributed by atoms with Gasteiger partial charge >= 0.3 is 6.09 Å². The Balaban J connectivity index is 1.81. The van der Waals surface area contributed by atoms with E-state index >= 15 is 0 Å². The van der Waals surface area contributed by atoms with Crippen LogP contribution in [0, 0.1) is 0 Å². The lowest BCUT2D eigenvalue weighted by atomic mass is 10.1. The zero-order valence-electron chi connectivity index (χ0n) is 13.0. The normalized spacial score (nSPS) is 14.0. The van der Waals surface area contributed by atoms with Crippen molar-refractivity contribution >= 4 is 17.9 Å². The van der Waals surface area contributed by atoms with Crippen molar-refractivity contribution in [2.75, 3.05) is 13.1 Å². The monoisotopic (exact) mass is 304 g/mol. The summed E-state index contributed by atoms with van der Waals surface area (Å²) in [4.78, 5) is 36.9. The predicted molar refractivity (Wildman–Crippen MR) is 80.7 cm³/mol. The van der Waals surface area contributed by atoms with Crippen LogP contribution in [0.5, 0.6) is 0 Å². The van der Waals surface area contributed by atoms with Crippen molar-refractivity contribution in [1.29, 1.82) is 0 Å². The van der Waals surface area contributed by atoms with Crippen LogP contribution in [0.15, 0.2) is 24.3 Å². The molecule has 6 nitrogen and oxygen atoms in total. The van der Waals surface area contributed by atoms with Gasteiger partial charge in [0.2, 0.25) is 0 Å². The van der Waals surface area contributed by atoms with Gasteiger partial charge < -0.3 is 10.1 Å². The maximum Gasteiger partial charge on any atom is 0.407 e. The molecule has 22 heavy (non-hydrogen) atoms. The summed E-state index contributed by atoms with van der Waals surface area (Å²) in [6.07, 6.45) is -0.0279. The minimum absolute atomic E-state index is 0.266. The lowest BCUT2D eigenvalue weighted by molar-refractivity contribution is 0.0526. The van der Waals surface area contributed by atoms with Crippen molar-refractivity contribution < 1.29 is 19.1 Å². The molecule has 3 amide bonds. The van der Waals surface area contributed by atoms with Crippen LogP contribution in [0.1, 0.15) is 47.9 Å². The molecule has 0 spiro atoms. The number of imide groups is 1. The number of carbonyl (C=O) groups excluding carboxylic acids is 3. The molecule has 1 aliphatic heterocycles. The molecule has 1 heterocycles. The third-order valence-electron chi connectivity index (χ3n) is 3.10. The van der Waals surface area contributed by atoms with Gasteiger partial charge in [-0.05, 0) is 39.3 Å². The van der Waals surface area contributed by atoms with E-state index in [0.717, 1.165) is 0 Å². The Bertz CT molecular complexity index is 569. The van der Waals surface area contributed by atoms with Crippen LogP contribution in [-0.2, 0) is 4.74 Å². The summed E-state index contributed by atoms with van der Waals surface area (Å²) in [6, 6.07) is 6.76. The number of alkyl carbamates (subject to hydrolysis) is 1.